The molecule has 1 N–H and O–H groups in total. The van der Waals surface area contributed by atoms with Gasteiger partial charge >= 0.3 is 0 Å². The van der Waals surface area contributed by atoms with E-state index in [0.29, 0.717) is 24.8 Å². The fourth-order valence-electron chi connectivity index (χ4n) is 3.15. The molecule has 3 atom stereocenters. The van der Waals surface area contributed by atoms with Crippen LogP contribution in [-0.4, -0.2) is 32.6 Å². The summed E-state index contributed by atoms with van der Waals surface area (Å²) in [6, 6.07) is 8.18. The zero-order chi connectivity index (χ0) is 14.2. The predicted octanol–water partition coefficient (Wildman–Crippen LogP) is 1.92. The highest BCUT2D eigenvalue weighted by atomic mass is 32.2. The van der Waals surface area contributed by atoms with Gasteiger partial charge in [-0.25, -0.2) is 8.42 Å². The molecule has 0 radical (unpaired) electrons. The number of sulfone groups is 1. The minimum atomic E-state index is -2.88. The van der Waals surface area contributed by atoms with Gasteiger partial charge in [-0.3, -0.25) is 0 Å². The molecule has 0 amide bonds. The van der Waals surface area contributed by atoms with Gasteiger partial charge in [0.15, 0.2) is 9.84 Å². The number of benzene rings is 1. The largest absolute Gasteiger partial charge is 0.493 e. The Labute approximate surface area is 120 Å². The van der Waals surface area contributed by atoms with Crippen LogP contribution in [0.25, 0.3) is 0 Å². The highest BCUT2D eigenvalue weighted by molar-refractivity contribution is 7.92. The maximum Gasteiger partial charge on any atom is 0.154 e. The average Bonchev–Trinajstić information content (AvgIpc) is 2.77. The number of rotatable bonds is 3. The number of ether oxygens (including phenoxy) is 1. The van der Waals surface area contributed by atoms with E-state index in [2.05, 4.69) is 18.3 Å². The Bertz CT molecular complexity index is 585. The van der Waals surface area contributed by atoms with Crippen LogP contribution in [0.5, 0.6) is 5.75 Å². The van der Waals surface area contributed by atoms with Crippen LogP contribution in [0.15, 0.2) is 24.3 Å². The van der Waals surface area contributed by atoms with E-state index in [1.807, 2.05) is 18.2 Å². The summed E-state index contributed by atoms with van der Waals surface area (Å²) in [5.74, 6) is 1.60. The second-order valence-electron chi connectivity index (χ2n) is 5.84. The summed E-state index contributed by atoms with van der Waals surface area (Å²) in [5, 5.41) is 3.25. The highest BCUT2D eigenvalue weighted by Gasteiger charge is 2.33. The molecule has 4 nitrogen and oxygen atoms in total. The zero-order valence-electron chi connectivity index (χ0n) is 11.7. The van der Waals surface area contributed by atoms with Crippen molar-refractivity contribution in [3.05, 3.63) is 29.8 Å². The number of para-hydroxylation sites is 1. The van der Waals surface area contributed by atoms with Crippen LogP contribution >= 0.6 is 0 Å². The van der Waals surface area contributed by atoms with E-state index in [-0.39, 0.29) is 11.3 Å². The van der Waals surface area contributed by atoms with Gasteiger partial charge in [-0.15, -0.1) is 0 Å². The molecule has 3 unspecified atom stereocenters. The van der Waals surface area contributed by atoms with E-state index in [4.69, 9.17) is 4.74 Å². The van der Waals surface area contributed by atoms with Gasteiger partial charge in [0, 0.05) is 24.1 Å². The Morgan fingerprint density at radius 3 is 2.90 bits per heavy atom. The summed E-state index contributed by atoms with van der Waals surface area (Å²) in [7, 11) is -2.88. The Morgan fingerprint density at radius 2 is 2.15 bits per heavy atom. The molecular formula is C15H21NO3S. The minimum absolute atomic E-state index is 0.177. The summed E-state index contributed by atoms with van der Waals surface area (Å²) >= 11 is 0. The lowest BCUT2D eigenvalue weighted by Gasteiger charge is -2.32. The van der Waals surface area contributed by atoms with E-state index < -0.39 is 9.84 Å². The molecule has 2 heterocycles. The minimum Gasteiger partial charge on any atom is -0.493 e. The average molecular weight is 295 g/mol. The number of hydrogen-bond donors (Lipinski definition) is 1. The van der Waals surface area contributed by atoms with Crippen molar-refractivity contribution in [1.29, 1.82) is 0 Å². The first-order chi connectivity index (χ1) is 9.58. The number of hydrogen-bond acceptors (Lipinski definition) is 4. The van der Waals surface area contributed by atoms with Gasteiger partial charge < -0.3 is 10.1 Å². The van der Waals surface area contributed by atoms with Gasteiger partial charge in [0.2, 0.25) is 0 Å². The van der Waals surface area contributed by atoms with E-state index >= 15 is 0 Å². The summed E-state index contributed by atoms with van der Waals surface area (Å²) < 4.78 is 29.5. The molecule has 2 aliphatic rings. The molecule has 5 heteroatoms. The first-order valence-corrected chi connectivity index (χ1v) is 8.96. The first kappa shape index (κ1) is 13.9. The van der Waals surface area contributed by atoms with Crippen molar-refractivity contribution < 1.29 is 13.2 Å². The summed E-state index contributed by atoms with van der Waals surface area (Å²) in [5.41, 5.74) is 1.14. The van der Waals surface area contributed by atoms with E-state index in [9.17, 15) is 8.42 Å². The molecule has 0 aromatic heterocycles. The van der Waals surface area contributed by atoms with Crippen molar-refractivity contribution >= 4 is 9.84 Å². The third kappa shape index (κ3) is 2.56. The molecule has 0 saturated carbocycles. The second kappa shape index (κ2) is 5.37. The van der Waals surface area contributed by atoms with Crippen LogP contribution in [-0.2, 0) is 9.84 Å². The molecule has 1 aromatic rings. The molecule has 3 rings (SSSR count). The Balaban J connectivity index is 1.74. The van der Waals surface area contributed by atoms with Crippen LogP contribution in [0.2, 0.25) is 0 Å². The Hall–Kier alpha value is -1.07. The fourth-order valence-corrected chi connectivity index (χ4v) is 4.93. The van der Waals surface area contributed by atoms with Crippen LogP contribution < -0.4 is 10.1 Å². The quantitative estimate of drug-likeness (QED) is 0.925. The maximum atomic E-state index is 11.9. The molecule has 0 aliphatic carbocycles. The number of fused-ring (bicyclic) bond motifs is 1. The van der Waals surface area contributed by atoms with E-state index in [1.165, 1.54) is 0 Å². The summed E-state index contributed by atoms with van der Waals surface area (Å²) in [4.78, 5) is 0. The summed E-state index contributed by atoms with van der Waals surface area (Å²) in [6.07, 6.45) is 1.59. The van der Waals surface area contributed by atoms with Gasteiger partial charge in [-0.2, -0.15) is 0 Å². The van der Waals surface area contributed by atoms with Crippen molar-refractivity contribution in [3.63, 3.8) is 0 Å². The molecule has 2 aliphatic heterocycles. The smallest absolute Gasteiger partial charge is 0.154 e. The van der Waals surface area contributed by atoms with Crippen molar-refractivity contribution in [2.45, 2.75) is 31.1 Å². The monoisotopic (exact) mass is 295 g/mol. The molecule has 0 spiro atoms. The highest BCUT2D eigenvalue weighted by Crippen LogP contribution is 2.35. The molecular weight excluding hydrogens is 274 g/mol. The van der Waals surface area contributed by atoms with E-state index in [1.54, 1.807) is 0 Å². The molecule has 1 aromatic carbocycles. The van der Waals surface area contributed by atoms with Gasteiger partial charge in [0.1, 0.15) is 5.75 Å². The molecule has 1 fully saturated rings. The number of nitrogens with one attached hydrogen (secondary N) is 1. The summed E-state index contributed by atoms with van der Waals surface area (Å²) in [6.45, 7) is 3.36. The Kier molecular flexibility index (Phi) is 3.73. The standard InChI is InChI=1S/C15H21NO3S/c1-11-10-19-14-7-3-2-6-13(14)15(11)16-9-12-5-4-8-20(12,17)18/h2-3,6-7,11-12,15-16H,4-5,8-10H2,1H3. The third-order valence-electron chi connectivity index (χ3n) is 4.35. The molecule has 20 heavy (non-hydrogen) atoms. The van der Waals surface area contributed by atoms with Crippen LogP contribution in [0.4, 0.5) is 0 Å². The van der Waals surface area contributed by atoms with Crippen LogP contribution in [0.1, 0.15) is 31.4 Å². The van der Waals surface area contributed by atoms with Crippen LogP contribution in [0, 0.1) is 5.92 Å². The molecule has 0 bridgehead atoms. The van der Waals surface area contributed by atoms with Crippen molar-refractivity contribution in [2.75, 3.05) is 18.9 Å². The van der Waals surface area contributed by atoms with Gasteiger partial charge in [0.05, 0.1) is 17.6 Å². The lowest BCUT2D eigenvalue weighted by molar-refractivity contribution is 0.188. The third-order valence-corrected chi connectivity index (χ3v) is 6.63. The topological polar surface area (TPSA) is 55.4 Å². The predicted molar refractivity (Wildman–Crippen MR) is 78.7 cm³/mol. The van der Waals surface area contributed by atoms with Gasteiger partial charge in [-0.05, 0) is 18.9 Å². The van der Waals surface area contributed by atoms with Crippen molar-refractivity contribution in [2.24, 2.45) is 5.92 Å². The molecule has 110 valence electrons. The van der Waals surface area contributed by atoms with E-state index in [0.717, 1.165) is 24.2 Å². The van der Waals surface area contributed by atoms with Crippen molar-refractivity contribution in [1.82, 2.24) is 5.32 Å². The Morgan fingerprint density at radius 1 is 1.35 bits per heavy atom. The normalized spacial score (nSPS) is 31.6. The lowest BCUT2D eigenvalue weighted by atomic mass is 9.92. The second-order valence-corrected chi connectivity index (χ2v) is 8.24. The lowest BCUT2D eigenvalue weighted by Crippen LogP contribution is -2.39. The van der Waals surface area contributed by atoms with Gasteiger partial charge in [0.25, 0.3) is 0 Å². The zero-order valence-corrected chi connectivity index (χ0v) is 12.5. The van der Waals surface area contributed by atoms with Gasteiger partial charge in [-0.1, -0.05) is 25.1 Å². The first-order valence-electron chi connectivity index (χ1n) is 7.24. The fraction of sp³-hybridized carbons (Fsp3) is 0.600. The van der Waals surface area contributed by atoms with Crippen molar-refractivity contribution in [3.8, 4) is 5.75 Å². The SMILES string of the molecule is CC1COc2ccccc2C1NCC1CCCS1(=O)=O. The van der Waals surface area contributed by atoms with Crippen LogP contribution in [0.3, 0.4) is 0 Å². The maximum absolute atomic E-state index is 11.9. The molecule has 1 saturated heterocycles.